The third kappa shape index (κ3) is 4.31. The zero-order valence-electron chi connectivity index (χ0n) is 12.7. The van der Waals surface area contributed by atoms with E-state index in [-0.39, 0.29) is 5.91 Å². The van der Waals surface area contributed by atoms with Crippen molar-refractivity contribution in [3.05, 3.63) is 35.9 Å². The molecule has 3 rings (SSSR count). The molecule has 2 aliphatic carbocycles. The lowest BCUT2D eigenvalue weighted by Gasteiger charge is -2.31. The number of rotatable bonds is 6. The summed E-state index contributed by atoms with van der Waals surface area (Å²) in [7, 11) is 0. The molecule has 3 heteroatoms. The molecule has 0 bridgehead atoms. The van der Waals surface area contributed by atoms with Gasteiger partial charge in [-0.15, -0.1) is 0 Å². The molecule has 0 aromatic heterocycles. The van der Waals surface area contributed by atoms with Gasteiger partial charge in [0.05, 0.1) is 6.54 Å². The molecular weight excluding hydrogens is 260 g/mol. The average molecular weight is 286 g/mol. The first-order chi connectivity index (χ1) is 10.3. The van der Waals surface area contributed by atoms with Crippen LogP contribution in [0.5, 0.6) is 0 Å². The van der Waals surface area contributed by atoms with E-state index in [1.165, 1.54) is 37.7 Å². The van der Waals surface area contributed by atoms with Crippen molar-refractivity contribution in [3.8, 4) is 0 Å². The van der Waals surface area contributed by atoms with Crippen molar-refractivity contribution in [1.29, 1.82) is 0 Å². The first kappa shape index (κ1) is 14.6. The number of carbonyl (C=O) groups is 1. The Morgan fingerprint density at radius 3 is 2.43 bits per heavy atom. The van der Waals surface area contributed by atoms with Crippen LogP contribution in [0.2, 0.25) is 0 Å². The van der Waals surface area contributed by atoms with Gasteiger partial charge >= 0.3 is 0 Å². The lowest BCUT2D eigenvalue weighted by atomic mass is 9.81. The van der Waals surface area contributed by atoms with Gasteiger partial charge in [-0.05, 0) is 37.2 Å². The van der Waals surface area contributed by atoms with Gasteiger partial charge in [-0.25, -0.2) is 0 Å². The van der Waals surface area contributed by atoms with Gasteiger partial charge in [0.2, 0.25) is 5.91 Å². The Morgan fingerprint density at radius 1 is 1.05 bits per heavy atom. The highest BCUT2D eigenvalue weighted by atomic mass is 16.2. The maximum absolute atomic E-state index is 11.9. The largest absolute Gasteiger partial charge is 0.352 e. The molecule has 1 amide bonds. The van der Waals surface area contributed by atoms with E-state index >= 15 is 0 Å². The number of carbonyl (C=O) groups excluding carboxylic acids is 1. The van der Waals surface area contributed by atoms with Crippen molar-refractivity contribution in [3.63, 3.8) is 0 Å². The van der Waals surface area contributed by atoms with Gasteiger partial charge in [-0.1, -0.05) is 49.6 Å². The number of benzene rings is 1. The highest BCUT2D eigenvalue weighted by Gasteiger charge is 2.27. The Morgan fingerprint density at radius 2 is 1.76 bits per heavy atom. The molecule has 114 valence electrons. The molecule has 1 aromatic rings. The summed E-state index contributed by atoms with van der Waals surface area (Å²) in [5.41, 5.74) is 1.32. The predicted octanol–water partition coefficient (Wildman–Crippen LogP) is 3.18. The second-order valence-corrected chi connectivity index (χ2v) is 6.51. The number of nitrogens with one attached hydrogen (secondary N) is 2. The normalized spacial score (nSPS) is 21.0. The van der Waals surface area contributed by atoms with Gasteiger partial charge in [0.15, 0.2) is 0 Å². The molecule has 2 N–H and O–H groups in total. The second kappa shape index (κ2) is 7.08. The summed E-state index contributed by atoms with van der Waals surface area (Å²) in [5, 5.41) is 6.59. The molecule has 0 heterocycles. The molecule has 1 aromatic carbocycles. The Bertz CT molecular complexity index is 450. The first-order valence-electron chi connectivity index (χ1n) is 8.40. The van der Waals surface area contributed by atoms with Crippen molar-refractivity contribution in [2.75, 3.05) is 6.54 Å². The number of amides is 1. The van der Waals surface area contributed by atoms with Crippen LogP contribution in [0.4, 0.5) is 0 Å². The maximum atomic E-state index is 11.9. The van der Waals surface area contributed by atoms with Crippen LogP contribution in [0.1, 0.15) is 56.6 Å². The summed E-state index contributed by atoms with van der Waals surface area (Å²) in [6.45, 7) is 0.437. The third-order valence-corrected chi connectivity index (χ3v) is 4.70. The third-order valence-electron chi connectivity index (χ3n) is 4.70. The van der Waals surface area contributed by atoms with Crippen molar-refractivity contribution in [2.24, 2.45) is 5.92 Å². The minimum absolute atomic E-state index is 0.147. The number of hydrogen-bond donors (Lipinski definition) is 2. The van der Waals surface area contributed by atoms with Crippen LogP contribution in [0.25, 0.3) is 0 Å². The zero-order valence-corrected chi connectivity index (χ0v) is 12.7. The van der Waals surface area contributed by atoms with E-state index in [2.05, 4.69) is 41.0 Å². The topological polar surface area (TPSA) is 41.1 Å². The Balaban J connectivity index is 1.61. The molecule has 0 saturated heterocycles. The molecule has 3 nitrogen and oxygen atoms in total. The fourth-order valence-electron chi connectivity index (χ4n) is 3.39. The Labute approximate surface area is 127 Å². The van der Waals surface area contributed by atoms with E-state index in [4.69, 9.17) is 0 Å². The zero-order chi connectivity index (χ0) is 14.5. The van der Waals surface area contributed by atoms with Crippen molar-refractivity contribution >= 4 is 5.91 Å². The fraction of sp³-hybridized carbons (Fsp3) is 0.611. The Kier molecular flexibility index (Phi) is 4.91. The average Bonchev–Trinajstić information content (AvgIpc) is 3.33. The van der Waals surface area contributed by atoms with Gasteiger partial charge < -0.3 is 10.6 Å². The van der Waals surface area contributed by atoms with E-state index in [0.29, 0.717) is 24.5 Å². The van der Waals surface area contributed by atoms with E-state index in [1.807, 2.05) is 0 Å². The van der Waals surface area contributed by atoms with Gasteiger partial charge in [0, 0.05) is 12.1 Å². The summed E-state index contributed by atoms with van der Waals surface area (Å²) in [4.78, 5) is 11.9. The van der Waals surface area contributed by atoms with Crippen LogP contribution >= 0.6 is 0 Å². The molecule has 2 aliphatic rings. The van der Waals surface area contributed by atoms with Crippen molar-refractivity contribution in [2.45, 2.75) is 57.0 Å². The van der Waals surface area contributed by atoms with Crippen molar-refractivity contribution < 1.29 is 4.79 Å². The summed E-state index contributed by atoms with van der Waals surface area (Å²) >= 11 is 0. The molecule has 1 unspecified atom stereocenters. The van der Waals surface area contributed by atoms with Gasteiger partial charge in [-0.3, -0.25) is 4.79 Å². The van der Waals surface area contributed by atoms with Gasteiger partial charge in [-0.2, -0.15) is 0 Å². The van der Waals surface area contributed by atoms with Crippen molar-refractivity contribution in [1.82, 2.24) is 10.6 Å². The summed E-state index contributed by atoms with van der Waals surface area (Å²) < 4.78 is 0. The van der Waals surface area contributed by atoms with Crippen LogP contribution in [-0.2, 0) is 4.79 Å². The minimum Gasteiger partial charge on any atom is -0.352 e. The SMILES string of the molecule is O=C(CNC(c1ccccc1)C1CCCCC1)NC1CC1. The monoisotopic (exact) mass is 286 g/mol. The van der Waals surface area contributed by atoms with Crippen LogP contribution in [0.15, 0.2) is 30.3 Å². The molecule has 0 aliphatic heterocycles. The van der Waals surface area contributed by atoms with E-state index < -0.39 is 0 Å². The minimum atomic E-state index is 0.147. The molecule has 2 saturated carbocycles. The maximum Gasteiger partial charge on any atom is 0.234 e. The molecular formula is C18H26N2O. The van der Waals surface area contributed by atoms with Crippen LogP contribution in [0.3, 0.4) is 0 Å². The van der Waals surface area contributed by atoms with Gasteiger partial charge in [0.1, 0.15) is 0 Å². The summed E-state index contributed by atoms with van der Waals surface area (Å²) in [5.74, 6) is 0.809. The second-order valence-electron chi connectivity index (χ2n) is 6.51. The van der Waals surface area contributed by atoms with Crippen LogP contribution in [-0.4, -0.2) is 18.5 Å². The standard InChI is InChI=1S/C18H26N2O/c21-17(20-16-11-12-16)13-19-18(14-7-3-1-4-8-14)15-9-5-2-6-10-15/h1,3-4,7-8,15-16,18-19H,2,5-6,9-13H2,(H,20,21). The van der Waals surface area contributed by atoms with Gasteiger partial charge in [0.25, 0.3) is 0 Å². The molecule has 21 heavy (non-hydrogen) atoms. The summed E-state index contributed by atoms with van der Waals surface area (Å²) in [6, 6.07) is 11.4. The van der Waals surface area contributed by atoms with Crippen LogP contribution < -0.4 is 10.6 Å². The molecule has 1 atom stereocenters. The molecule has 0 radical (unpaired) electrons. The number of hydrogen-bond acceptors (Lipinski definition) is 2. The Hall–Kier alpha value is -1.35. The van der Waals surface area contributed by atoms with E-state index in [9.17, 15) is 4.79 Å². The lowest BCUT2D eigenvalue weighted by Crippen LogP contribution is -2.39. The smallest absolute Gasteiger partial charge is 0.234 e. The molecule has 2 fully saturated rings. The lowest BCUT2D eigenvalue weighted by molar-refractivity contribution is -0.120. The highest BCUT2D eigenvalue weighted by Crippen LogP contribution is 2.34. The van der Waals surface area contributed by atoms with Crippen LogP contribution in [0, 0.1) is 5.92 Å². The first-order valence-corrected chi connectivity index (χ1v) is 8.40. The quantitative estimate of drug-likeness (QED) is 0.843. The molecule has 0 spiro atoms. The van der Waals surface area contributed by atoms with E-state index in [1.54, 1.807) is 0 Å². The highest BCUT2D eigenvalue weighted by molar-refractivity contribution is 5.78. The van der Waals surface area contributed by atoms with E-state index in [0.717, 1.165) is 12.8 Å². The summed E-state index contributed by atoms with van der Waals surface area (Å²) in [6.07, 6.45) is 8.86. The fourth-order valence-corrected chi connectivity index (χ4v) is 3.39. The predicted molar refractivity (Wildman–Crippen MR) is 84.9 cm³/mol.